The number of aryl methyl sites for hydroxylation is 1. The average Bonchev–Trinajstić information content (AvgIpc) is 2.52. The Balaban J connectivity index is 1.78. The van der Waals surface area contributed by atoms with Crippen LogP contribution in [0.2, 0.25) is 10.3 Å². The van der Waals surface area contributed by atoms with Gasteiger partial charge in [0.05, 0.1) is 6.20 Å². The molecule has 2 aromatic rings. The van der Waals surface area contributed by atoms with Crippen molar-refractivity contribution < 1.29 is 0 Å². The van der Waals surface area contributed by atoms with E-state index in [9.17, 15) is 0 Å². The van der Waals surface area contributed by atoms with E-state index >= 15 is 0 Å². The van der Waals surface area contributed by atoms with E-state index in [0.717, 1.165) is 31.9 Å². The summed E-state index contributed by atoms with van der Waals surface area (Å²) in [6.45, 7) is 6.41. The van der Waals surface area contributed by atoms with Gasteiger partial charge in [-0.3, -0.25) is 0 Å². The lowest BCUT2D eigenvalue weighted by Crippen LogP contribution is -2.44. The lowest BCUT2D eigenvalue weighted by atomic mass is 10.1. The van der Waals surface area contributed by atoms with Crippen molar-refractivity contribution in [1.82, 2.24) is 14.9 Å². The smallest absolute Gasteiger partial charge is 0.224 e. The van der Waals surface area contributed by atoms with E-state index < -0.39 is 0 Å². The number of nitrogens with one attached hydrogen (secondary N) is 1. The molecule has 2 heterocycles. The van der Waals surface area contributed by atoms with Crippen LogP contribution in [0.3, 0.4) is 0 Å². The van der Waals surface area contributed by atoms with E-state index in [1.54, 1.807) is 0 Å². The van der Waals surface area contributed by atoms with Crippen molar-refractivity contribution in [3.8, 4) is 0 Å². The van der Waals surface area contributed by atoms with Crippen LogP contribution in [-0.2, 0) is 0 Å². The zero-order chi connectivity index (χ0) is 16.4. The number of nitrogens with zero attached hydrogens (tertiary/aromatic N) is 4. The van der Waals surface area contributed by atoms with Crippen LogP contribution in [0.25, 0.3) is 0 Å². The van der Waals surface area contributed by atoms with Gasteiger partial charge < -0.3 is 15.1 Å². The van der Waals surface area contributed by atoms with Crippen LogP contribution < -0.4 is 10.2 Å². The Morgan fingerprint density at radius 1 is 1.13 bits per heavy atom. The molecule has 1 aliphatic rings. The quantitative estimate of drug-likeness (QED) is 0.856. The molecule has 5 nitrogen and oxygen atoms in total. The van der Waals surface area contributed by atoms with Crippen molar-refractivity contribution in [2.75, 3.05) is 43.4 Å². The van der Waals surface area contributed by atoms with Crippen molar-refractivity contribution in [3.05, 3.63) is 40.3 Å². The van der Waals surface area contributed by atoms with Crippen LogP contribution in [0.5, 0.6) is 0 Å². The zero-order valence-corrected chi connectivity index (χ0v) is 14.7. The second kappa shape index (κ2) is 6.91. The predicted octanol–water partition coefficient (Wildman–Crippen LogP) is 3.59. The third-order valence-corrected chi connectivity index (χ3v) is 4.48. The van der Waals surface area contributed by atoms with Gasteiger partial charge in [0.2, 0.25) is 5.28 Å². The van der Waals surface area contributed by atoms with Gasteiger partial charge in [-0.2, -0.15) is 4.98 Å². The minimum atomic E-state index is 0.169. The van der Waals surface area contributed by atoms with Gasteiger partial charge in [-0.25, -0.2) is 4.98 Å². The number of likely N-dealkylation sites (N-methyl/N-ethyl adjacent to an activating group) is 1. The maximum atomic E-state index is 6.09. The molecule has 23 heavy (non-hydrogen) atoms. The number of rotatable bonds is 3. The molecule has 0 bridgehead atoms. The van der Waals surface area contributed by atoms with Crippen LogP contribution in [0.1, 0.15) is 5.56 Å². The van der Waals surface area contributed by atoms with Gasteiger partial charge >= 0.3 is 0 Å². The monoisotopic (exact) mass is 351 g/mol. The van der Waals surface area contributed by atoms with Crippen LogP contribution in [0.15, 0.2) is 24.4 Å². The number of hydrogen-bond donors (Lipinski definition) is 1. The van der Waals surface area contributed by atoms with Crippen molar-refractivity contribution in [2.45, 2.75) is 6.92 Å². The van der Waals surface area contributed by atoms with E-state index in [1.807, 2.05) is 6.07 Å². The molecule has 0 saturated carbocycles. The largest absolute Gasteiger partial charge is 0.369 e. The second-order valence-corrected chi connectivity index (χ2v) is 6.50. The molecule has 0 atom stereocenters. The molecule has 0 radical (unpaired) electrons. The van der Waals surface area contributed by atoms with Crippen molar-refractivity contribution in [3.63, 3.8) is 0 Å². The first kappa shape index (κ1) is 16.3. The molecule has 0 amide bonds. The van der Waals surface area contributed by atoms with E-state index in [4.69, 9.17) is 23.2 Å². The Hall–Kier alpha value is -1.56. The minimum Gasteiger partial charge on any atom is -0.369 e. The lowest BCUT2D eigenvalue weighted by Gasteiger charge is -2.35. The summed E-state index contributed by atoms with van der Waals surface area (Å²) < 4.78 is 0. The maximum Gasteiger partial charge on any atom is 0.224 e. The van der Waals surface area contributed by atoms with E-state index in [-0.39, 0.29) is 5.28 Å². The highest BCUT2D eigenvalue weighted by Crippen LogP contribution is 2.28. The Bertz CT molecular complexity index is 699. The molecule has 3 rings (SSSR count). The summed E-state index contributed by atoms with van der Waals surface area (Å²) in [5.41, 5.74) is 3.42. The molecule has 1 aliphatic heterocycles. The number of piperazine rings is 1. The Labute approximate surface area is 146 Å². The highest BCUT2D eigenvalue weighted by molar-refractivity contribution is 6.33. The summed E-state index contributed by atoms with van der Waals surface area (Å²) in [5, 5.41) is 3.81. The molecule has 1 fully saturated rings. The highest BCUT2D eigenvalue weighted by atomic mass is 35.5. The Morgan fingerprint density at radius 3 is 2.57 bits per heavy atom. The SMILES string of the molecule is Cc1cc(Nc2nc(Cl)ncc2Cl)ccc1N1CCN(C)CC1. The fourth-order valence-electron chi connectivity index (χ4n) is 2.71. The fraction of sp³-hybridized carbons (Fsp3) is 0.375. The van der Waals surface area contributed by atoms with Crippen LogP contribution in [0.4, 0.5) is 17.2 Å². The van der Waals surface area contributed by atoms with Gasteiger partial charge in [-0.05, 0) is 49.3 Å². The predicted molar refractivity (Wildman–Crippen MR) is 96.2 cm³/mol. The molecule has 0 aliphatic carbocycles. The van der Waals surface area contributed by atoms with Crippen molar-refractivity contribution in [1.29, 1.82) is 0 Å². The average molecular weight is 352 g/mol. The van der Waals surface area contributed by atoms with Gasteiger partial charge in [0.1, 0.15) is 5.02 Å². The maximum absolute atomic E-state index is 6.09. The molecule has 1 N–H and O–H groups in total. The molecule has 0 spiro atoms. The molecule has 7 heteroatoms. The van der Waals surface area contributed by atoms with E-state index in [1.165, 1.54) is 17.4 Å². The first-order chi connectivity index (χ1) is 11.0. The summed E-state index contributed by atoms with van der Waals surface area (Å²) >= 11 is 11.9. The fourth-order valence-corrected chi connectivity index (χ4v) is 2.98. The first-order valence-corrected chi connectivity index (χ1v) is 8.28. The lowest BCUT2D eigenvalue weighted by molar-refractivity contribution is 0.312. The van der Waals surface area contributed by atoms with Crippen LogP contribution in [0, 0.1) is 6.92 Å². The van der Waals surface area contributed by atoms with Gasteiger partial charge in [0.25, 0.3) is 0 Å². The number of hydrogen-bond acceptors (Lipinski definition) is 5. The van der Waals surface area contributed by atoms with Crippen LogP contribution in [-0.4, -0.2) is 48.1 Å². The summed E-state index contributed by atoms with van der Waals surface area (Å²) in [6.07, 6.45) is 1.49. The van der Waals surface area contributed by atoms with Gasteiger partial charge in [0.15, 0.2) is 5.82 Å². The second-order valence-electron chi connectivity index (χ2n) is 5.75. The molecule has 122 valence electrons. The zero-order valence-electron chi connectivity index (χ0n) is 13.2. The van der Waals surface area contributed by atoms with Crippen molar-refractivity contribution in [2.24, 2.45) is 0 Å². The number of aromatic nitrogens is 2. The molecule has 1 aromatic carbocycles. The molecule has 1 aromatic heterocycles. The number of halogens is 2. The Morgan fingerprint density at radius 2 is 1.87 bits per heavy atom. The third-order valence-electron chi connectivity index (χ3n) is 4.02. The molecular weight excluding hydrogens is 333 g/mol. The third kappa shape index (κ3) is 3.86. The van der Waals surface area contributed by atoms with Gasteiger partial charge in [-0.1, -0.05) is 11.6 Å². The van der Waals surface area contributed by atoms with Crippen LogP contribution >= 0.6 is 23.2 Å². The standard InChI is InChI=1S/C16H19Cl2N5/c1-11-9-12(20-15-13(17)10-19-16(18)21-15)3-4-14(11)23-7-5-22(2)6-8-23/h3-4,9-10H,5-8H2,1-2H3,(H,19,20,21). The summed E-state index contributed by atoms with van der Waals surface area (Å²) in [5.74, 6) is 0.512. The number of anilines is 3. The molecular formula is C16H19Cl2N5. The minimum absolute atomic E-state index is 0.169. The first-order valence-electron chi connectivity index (χ1n) is 7.52. The summed E-state index contributed by atoms with van der Waals surface area (Å²) in [6, 6.07) is 6.27. The topological polar surface area (TPSA) is 44.3 Å². The normalized spacial score (nSPS) is 15.7. The van der Waals surface area contributed by atoms with Gasteiger partial charge in [-0.15, -0.1) is 0 Å². The number of benzene rings is 1. The van der Waals surface area contributed by atoms with E-state index in [0.29, 0.717) is 10.8 Å². The van der Waals surface area contributed by atoms with Crippen molar-refractivity contribution >= 4 is 40.4 Å². The molecule has 1 saturated heterocycles. The highest BCUT2D eigenvalue weighted by Gasteiger charge is 2.16. The Kier molecular flexibility index (Phi) is 4.90. The molecule has 0 unspecified atom stereocenters. The summed E-state index contributed by atoms with van der Waals surface area (Å²) in [4.78, 5) is 12.7. The van der Waals surface area contributed by atoms with Gasteiger partial charge in [0, 0.05) is 37.6 Å². The summed E-state index contributed by atoms with van der Waals surface area (Å²) in [7, 11) is 2.16. The van der Waals surface area contributed by atoms with E-state index in [2.05, 4.69) is 51.2 Å².